The Labute approximate surface area is 249 Å². The molecule has 0 aliphatic heterocycles. The highest BCUT2D eigenvalue weighted by molar-refractivity contribution is 6.36. The zero-order valence-electron chi connectivity index (χ0n) is 23.0. The van der Waals surface area contributed by atoms with Crippen LogP contribution in [0.25, 0.3) is 16.6 Å². The number of pyridine rings is 2. The second-order valence-electron chi connectivity index (χ2n) is 10.1. The van der Waals surface area contributed by atoms with Gasteiger partial charge in [0.15, 0.2) is 5.60 Å². The second-order valence-corrected chi connectivity index (χ2v) is 10.5. The van der Waals surface area contributed by atoms with Crippen LogP contribution in [0.15, 0.2) is 97.6 Å². The first kappa shape index (κ1) is 28.4. The van der Waals surface area contributed by atoms with E-state index in [1.54, 1.807) is 59.0 Å². The summed E-state index contributed by atoms with van der Waals surface area (Å²) in [4.78, 5) is 8.29. The number of fused-ring (bicyclic) bond motifs is 1. The molecular formula is C32H25ClF3N5O2. The predicted octanol–water partition coefficient (Wildman–Crippen LogP) is 6.71. The molecule has 0 aliphatic rings. The fourth-order valence-electron chi connectivity index (χ4n) is 5.26. The number of aliphatic hydroxyl groups is 1. The molecule has 4 heterocycles. The Balaban J connectivity index is 1.46. The summed E-state index contributed by atoms with van der Waals surface area (Å²) in [5, 5.41) is 17.5. The summed E-state index contributed by atoms with van der Waals surface area (Å²) in [6.07, 6.45) is 2.16. The molecule has 0 amide bonds. The maximum Gasteiger partial charge on any atom is 0.433 e. The fourth-order valence-corrected chi connectivity index (χ4v) is 5.56. The Morgan fingerprint density at radius 3 is 2.33 bits per heavy atom. The number of aromatic nitrogens is 5. The zero-order valence-corrected chi connectivity index (χ0v) is 23.8. The van der Waals surface area contributed by atoms with Crippen LogP contribution in [0.1, 0.15) is 33.6 Å². The Bertz CT molecular complexity index is 1900. The normalized spacial score (nSPS) is 13.3. The summed E-state index contributed by atoms with van der Waals surface area (Å²) in [5.74, 6) is 0.367. The van der Waals surface area contributed by atoms with E-state index in [0.29, 0.717) is 45.0 Å². The van der Waals surface area contributed by atoms with Crippen LogP contribution in [0, 0.1) is 0 Å². The van der Waals surface area contributed by atoms with Crippen LogP contribution in [0.5, 0.6) is 5.88 Å². The van der Waals surface area contributed by atoms with Gasteiger partial charge in [0.05, 0.1) is 29.0 Å². The molecule has 6 aromatic rings. The largest absolute Gasteiger partial charge is 0.481 e. The minimum atomic E-state index is -4.61. The van der Waals surface area contributed by atoms with Gasteiger partial charge in [-0.05, 0) is 59.7 Å². The molecule has 0 saturated carbocycles. The van der Waals surface area contributed by atoms with Crippen molar-refractivity contribution in [3.05, 3.63) is 136 Å². The van der Waals surface area contributed by atoms with Crippen molar-refractivity contribution in [3.8, 4) is 11.6 Å². The first-order chi connectivity index (χ1) is 20.6. The summed E-state index contributed by atoms with van der Waals surface area (Å²) in [5.41, 5.74) is 1.13. The van der Waals surface area contributed by atoms with Gasteiger partial charge in [-0.15, -0.1) is 0 Å². The minimum absolute atomic E-state index is 0.164. The van der Waals surface area contributed by atoms with Gasteiger partial charge in [0.1, 0.15) is 5.69 Å². The van der Waals surface area contributed by atoms with Gasteiger partial charge in [-0.3, -0.25) is 4.98 Å². The summed E-state index contributed by atoms with van der Waals surface area (Å²) in [7, 11) is 3.27. The number of aryl methyl sites for hydroxylation is 1. The number of halogens is 4. The molecule has 218 valence electrons. The monoisotopic (exact) mass is 603 g/mol. The predicted molar refractivity (Wildman–Crippen MR) is 156 cm³/mol. The molecular weight excluding hydrogens is 579 g/mol. The number of benzene rings is 2. The van der Waals surface area contributed by atoms with Crippen molar-refractivity contribution in [2.75, 3.05) is 7.11 Å². The van der Waals surface area contributed by atoms with Crippen LogP contribution in [0.4, 0.5) is 13.2 Å². The lowest BCUT2D eigenvalue weighted by Gasteiger charge is -2.30. The van der Waals surface area contributed by atoms with Gasteiger partial charge < -0.3 is 14.4 Å². The lowest BCUT2D eigenvalue weighted by Crippen LogP contribution is -2.31. The highest BCUT2D eigenvalue weighted by Crippen LogP contribution is 2.41. The zero-order chi connectivity index (χ0) is 30.4. The summed E-state index contributed by atoms with van der Waals surface area (Å²) in [6.45, 7) is 0. The highest BCUT2D eigenvalue weighted by Gasteiger charge is 2.38. The molecule has 0 aliphatic carbocycles. The molecule has 1 atom stereocenters. The van der Waals surface area contributed by atoms with E-state index in [0.717, 1.165) is 23.5 Å². The van der Waals surface area contributed by atoms with Crippen molar-refractivity contribution < 1.29 is 23.0 Å². The van der Waals surface area contributed by atoms with E-state index in [1.807, 2.05) is 36.5 Å². The molecule has 0 saturated heterocycles. The smallest absolute Gasteiger partial charge is 0.433 e. The van der Waals surface area contributed by atoms with Gasteiger partial charge in [0.2, 0.25) is 5.88 Å². The summed E-state index contributed by atoms with van der Waals surface area (Å²) in [6, 6.07) is 20.3. The number of alkyl halides is 3. The van der Waals surface area contributed by atoms with E-state index in [9.17, 15) is 18.3 Å². The molecule has 43 heavy (non-hydrogen) atoms. The van der Waals surface area contributed by atoms with Crippen molar-refractivity contribution >= 4 is 22.5 Å². The maximum atomic E-state index is 13.3. The third-order valence-corrected chi connectivity index (χ3v) is 7.89. The molecule has 1 unspecified atom stereocenters. The lowest BCUT2D eigenvalue weighted by molar-refractivity contribution is -0.141. The molecule has 6 rings (SSSR count). The number of hydrogen-bond acceptors (Lipinski definition) is 5. The molecule has 11 heteroatoms. The first-order valence-corrected chi connectivity index (χ1v) is 13.6. The van der Waals surface area contributed by atoms with Crippen molar-refractivity contribution in [2.24, 2.45) is 7.05 Å². The van der Waals surface area contributed by atoms with E-state index in [1.165, 1.54) is 13.2 Å². The number of nitrogens with zero attached hydrogens (tertiary/aromatic N) is 5. The van der Waals surface area contributed by atoms with Crippen LogP contribution < -0.4 is 4.74 Å². The average Bonchev–Trinajstić information content (AvgIpc) is 3.70. The molecule has 2 aromatic carbocycles. The number of methoxy groups -OCH3 is 1. The Kier molecular flexibility index (Phi) is 7.19. The molecule has 0 spiro atoms. The summed E-state index contributed by atoms with van der Waals surface area (Å²) < 4.78 is 48.9. The van der Waals surface area contributed by atoms with Crippen molar-refractivity contribution in [1.29, 1.82) is 0 Å². The van der Waals surface area contributed by atoms with Gasteiger partial charge in [-0.1, -0.05) is 35.9 Å². The second kappa shape index (κ2) is 10.9. The molecule has 7 nitrogen and oxygen atoms in total. The summed E-state index contributed by atoms with van der Waals surface area (Å²) >= 11 is 7.02. The molecule has 1 N–H and O–H groups in total. The van der Waals surface area contributed by atoms with Crippen LogP contribution in [0.2, 0.25) is 5.02 Å². The Morgan fingerprint density at radius 1 is 0.953 bits per heavy atom. The quantitative estimate of drug-likeness (QED) is 0.219. The van der Waals surface area contributed by atoms with E-state index in [4.69, 9.17) is 16.3 Å². The number of ether oxygens (including phenoxy) is 1. The number of rotatable bonds is 7. The lowest BCUT2D eigenvalue weighted by atomic mass is 9.83. The van der Waals surface area contributed by atoms with E-state index in [-0.39, 0.29) is 5.56 Å². The van der Waals surface area contributed by atoms with Crippen molar-refractivity contribution in [2.45, 2.75) is 18.2 Å². The van der Waals surface area contributed by atoms with Crippen LogP contribution in [-0.2, 0) is 25.2 Å². The topological polar surface area (TPSA) is 78.0 Å². The van der Waals surface area contributed by atoms with Crippen LogP contribution in [0.3, 0.4) is 0 Å². The van der Waals surface area contributed by atoms with Crippen molar-refractivity contribution in [1.82, 2.24) is 24.3 Å². The minimum Gasteiger partial charge on any atom is -0.481 e. The molecule has 0 fully saturated rings. The highest BCUT2D eigenvalue weighted by atomic mass is 35.5. The maximum absolute atomic E-state index is 13.3. The molecule has 0 radical (unpaired) electrons. The van der Waals surface area contributed by atoms with Gasteiger partial charge in [0, 0.05) is 54.8 Å². The van der Waals surface area contributed by atoms with E-state index < -0.39 is 17.5 Å². The van der Waals surface area contributed by atoms with Crippen LogP contribution in [-0.4, -0.2) is 36.5 Å². The van der Waals surface area contributed by atoms with Crippen LogP contribution >= 0.6 is 11.6 Å². The first-order valence-electron chi connectivity index (χ1n) is 13.2. The Hall–Kier alpha value is -4.67. The van der Waals surface area contributed by atoms with Gasteiger partial charge in [-0.25, -0.2) is 9.67 Å². The third-order valence-electron chi connectivity index (χ3n) is 7.46. The van der Waals surface area contributed by atoms with Crippen molar-refractivity contribution in [3.63, 3.8) is 0 Å². The third kappa shape index (κ3) is 5.13. The molecule has 4 aromatic heterocycles. The Morgan fingerprint density at radius 2 is 1.72 bits per heavy atom. The number of hydrogen-bond donors (Lipinski definition) is 1. The van der Waals surface area contributed by atoms with E-state index in [2.05, 4.69) is 15.1 Å². The molecule has 0 bridgehead atoms. The SMILES string of the molecule is COc1nc2ccc(C(O)(c3ccc(C(F)(F)F)nc3)c3cccn3C)cc2c(Cl)c1Cc1ccc(-n2cccn2)cc1. The van der Waals surface area contributed by atoms with Gasteiger partial charge in [-0.2, -0.15) is 18.3 Å². The standard InChI is InChI=1S/C32H25ClF3N5O2/c1-40-15-3-5-28(40)31(42,22-9-13-27(37-19-22)32(34,35)36)21-8-12-26-24(18-21)29(33)25(30(39-26)43-2)17-20-6-10-23(11-7-20)41-16-4-14-38-41/h3-16,18-19,42H,17H2,1-2H3. The average molecular weight is 604 g/mol. The van der Waals surface area contributed by atoms with Gasteiger partial charge >= 0.3 is 6.18 Å². The van der Waals surface area contributed by atoms with Gasteiger partial charge in [0.25, 0.3) is 0 Å². The fraction of sp³-hybridized carbons (Fsp3) is 0.156. The van der Waals surface area contributed by atoms with E-state index >= 15 is 0 Å².